The predicted molar refractivity (Wildman–Crippen MR) is 142 cm³/mol. The van der Waals surface area contributed by atoms with Gasteiger partial charge in [0.05, 0.1) is 18.1 Å². The predicted octanol–water partition coefficient (Wildman–Crippen LogP) is 5.06. The molecule has 0 aliphatic carbocycles. The normalized spacial score (nSPS) is 11.3. The van der Waals surface area contributed by atoms with E-state index in [1.165, 1.54) is 11.8 Å². The molecule has 0 unspecified atom stereocenters. The van der Waals surface area contributed by atoms with Crippen molar-refractivity contribution in [1.82, 2.24) is 20.2 Å². The molecular formula is C27H27N5O3S. The summed E-state index contributed by atoms with van der Waals surface area (Å²) in [7, 11) is 0. The number of aromatic nitrogens is 3. The second kappa shape index (κ2) is 12.0. The SMILES string of the molecule is CCOc1ccc(-n2c(SCC(=O)NN=C(CC)c3ccc(O)cc3)nnc2-c2ccccc2)cc1. The molecule has 3 aromatic carbocycles. The van der Waals surface area contributed by atoms with E-state index in [0.717, 1.165) is 28.3 Å². The maximum absolute atomic E-state index is 12.6. The van der Waals surface area contributed by atoms with Gasteiger partial charge >= 0.3 is 0 Å². The second-order valence-electron chi connectivity index (χ2n) is 7.72. The molecule has 0 saturated heterocycles. The fourth-order valence-electron chi connectivity index (χ4n) is 3.52. The first kappa shape index (κ1) is 25.0. The first-order chi connectivity index (χ1) is 17.6. The number of nitrogens with zero attached hydrogens (tertiary/aromatic N) is 4. The highest BCUT2D eigenvalue weighted by molar-refractivity contribution is 7.99. The van der Waals surface area contributed by atoms with E-state index >= 15 is 0 Å². The van der Waals surface area contributed by atoms with Crippen molar-refractivity contribution in [1.29, 1.82) is 0 Å². The fourth-order valence-corrected chi connectivity index (χ4v) is 4.27. The number of carbonyl (C=O) groups is 1. The molecule has 36 heavy (non-hydrogen) atoms. The third-order valence-electron chi connectivity index (χ3n) is 5.25. The van der Waals surface area contributed by atoms with E-state index in [1.54, 1.807) is 24.3 Å². The van der Waals surface area contributed by atoms with Crippen molar-refractivity contribution in [3.63, 3.8) is 0 Å². The molecule has 4 aromatic rings. The van der Waals surface area contributed by atoms with Crippen molar-refractivity contribution in [3.8, 4) is 28.6 Å². The Morgan fingerprint density at radius 1 is 1.00 bits per heavy atom. The van der Waals surface area contributed by atoms with Gasteiger partial charge in [-0.1, -0.05) is 49.0 Å². The first-order valence-corrected chi connectivity index (χ1v) is 12.6. The van der Waals surface area contributed by atoms with Gasteiger partial charge in [0.2, 0.25) is 0 Å². The smallest absolute Gasteiger partial charge is 0.250 e. The summed E-state index contributed by atoms with van der Waals surface area (Å²) in [5.41, 5.74) is 5.97. The van der Waals surface area contributed by atoms with Crippen LogP contribution in [0.4, 0.5) is 0 Å². The van der Waals surface area contributed by atoms with E-state index in [0.29, 0.717) is 24.0 Å². The molecule has 9 heteroatoms. The number of nitrogens with one attached hydrogen (secondary N) is 1. The maximum atomic E-state index is 12.6. The molecule has 0 atom stereocenters. The Bertz CT molecular complexity index is 1320. The van der Waals surface area contributed by atoms with Crippen LogP contribution in [0.15, 0.2) is 89.1 Å². The molecular weight excluding hydrogens is 474 g/mol. The number of phenols is 1. The van der Waals surface area contributed by atoms with Crippen LogP contribution in [0.5, 0.6) is 11.5 Å². The third kappa shape index (κ3) is 6.11. The Morgan fingerprint density at radius 3 is 2.39 bits per heavy atom. The highest BCUT2D eigenvalue weighted by Crippen LogP contribution is 2.28. The zero-order chi connectivity index (χ0) is 25.3. The molecule has 0 fully saturated rings. The topological polar surface area (TPSA) is 102 Å². The van der Waals surface area contributed by atoms with Crippen molar-refractivity contribution >= 4 is 23.4 Å². The van der Waals surface area contributed by atoms with E-state index in [-0.39, 0.29) is 17.4 Å². The second-order valence-corrected chi connectivity index (χ2v) is 8.66. The lowest BCUT2D eigenvalue weighted by atomic mass is 10.1. The monoisotopic (exact) mass is 501 g/mol. The van der Waals surface area contributed by atoms with Crippen LogP contribution in [0, 0.1) is 0 Å². The van der Waals surface area contributed by atoms with Crippen molar-refractivity contribution < 1.29 is 14.6 Å². The number of phenolic OH excluding ortho intramolecular Hbond substituents is 1. The van der Waals surface area contributed by atoms with Crippen molar-refractivity contribution in [2.75, 3.05) is 12.4 Å². The molecule has 2 N–H and O–H groups in total. The van der Waals surface area contributed by atoms with Gasteiger partial charge in [-0.25, -0.2) is 5.43 Å². The summed E-state index contributed by atoms with van der Waals surface area (Å²) in [5.74, 6) is 1.50. The molecule has 8 nitrogen and oxygen atoms in total. The summed E-state index contributed by atoms with van der Waals surface area (Å²) in [5, 5.41) is 23.1. The van der Waals surface area contributed by atoms with Crippen LogP contribution in [0.3, 0.4) is 0 Å². The summed E-state index contributed by atoms with van der Waals surface area (Å²) in [6, 6.07) is 24.2. The Morgan fingerprint density at radius 2 is 1.72 bits per heavy atom. The molecule has 1 aromatic heterocycles. The maximum Gasteiger partial charge on any atom is 0.250 e. The molecule has 1 amide bonds. The van der Waals surface area contributed by atoms with Crippen molar-refractivity contribution in [2.45, 2.75) is 25.4 Å². The number of ether oxygens (including phenoxy) is 1. The zero-order valence-corrected chi connectivity index (χ0v) is 20.9. The summed E-state index contributed by atoms with van der Waals surface area (Å²) >= 11 is 1.28. The lowest BCUT2D eigenvalue weighted by Gasteiger charge is -2.11. The minimum absolute atomic E-state index is 0.111. The highest BCUT2D eigenvalue weighted by Gasteiger charge is 2.17. The summed E-state index contributed by atoms with van der Waals surface area (Å²) in [4.78, 5) is 12.6. The third-order valence-corrected chi connectivity index (χ3v) is 6.18. The van der Waals surface area contributed by atoms with Gasteiger partial charge in [0.25, 0.3) is 5.91 Å². The lowest BCUT2D eigenvalue weighted by Crippen LogP contribution is -2.22. The number of thioether (sulfide) groups is 1. The molecule has 0 radical (unpaired) electrons. The van der Waals surface area contributed by atoms with Gasteiger partial charge < -0.3 is 9.84 Å². The van der Waals surface area contributed by atoms with Crippen molar-refractivity contribution in [3.05, 3.63) is 84.4 Å². The number of amides is 1. The number of aromatic hydroxyl groups is 1. The molecule has 0 aliphatic rings. The van der Waals surface area contributed by atoms with Crippen LogP contribution in [-0.2, 0) is 4.79 Å². The van der Waals surface area contributed by atoms with Crippen LogP contribution >= 0.6 is 11.8 Å². The number of rotatable bonds is 10. The van der Waals surface area contributed by atoms with Gasteiger partial charge in [-0.15, -0.1) is 10.2 Å². The summed E-state index contributed by atoms with van der Waals surface area (Å²) in [6.07, 6.45) is 0.630. The molecule has 0 saturated carbocycles. The molecule has 0 aliphatic heterocycles. The minimum atomic E-state index is -0.257. The molecule has 4 rings (SSSR count). The first-order valence-electron chi connectivity index (χ1n) is 11.6. The van der Waals surface area contributed by atoms with Crippen molar-refractivity contribution in [2.24, 2.45) is 5.10 Å². The van der Waals surface area contributed by atoms with Gasteiger partial charge in [-0.05, 0) is 67.4 Å². The van der Waals surface area contributed by atoms with Gasteiger partial charge in [0.15, 0.2) is 11.0 Å². The van der Waals surface area contributed by atoms with E-state index in [2.05, 4.69) is 20.7 Å². The van der Waals surface area contributed by atoms with Crippen LogP contribution in [0.1, 0.15) is 25.8 Å². The molecule has 0 bridgehead atoms. The highest BCUT2D eigenvalue weighted by atomic mass is 32.2. The van der Waals surface area contributed by atoms with Gasteiger partial charge in [-0.2, -0.15) is 5.10 Å². The molecule has 0 spiro atoms. The van der Waals surface area contributed by atoms with E-state index in [1.807, 2.05) is 73.0 Å². The standard InChI is InChI=1S/C27H27N5O3S/c1-3-24(19-10-14-22(33)15-11-19)28-29-25(34)18-36-27-31-30-26(20-8-6-5-7-9-20)32(27)21-12-16-23(17-13-21)35-4-2/h5-17,33H,3-4,18H2,1-2H3,(H,29,34). The average molecular weight is 502 g/mol. The Kier molecular flexibility index (Phi) is 8.36. The van der Waals surface area contributed by atoms with Gasteiger partial charge in [0, 0.05) is 11.3 Å². The number of hydrogen-bond donors (Lipinski definition) is 2. The fraction of sp³-hybridized carbons (Fsp3) is 0.185. The van der Waals surface area contributed by atoms with E-state index < -0.39 is 0 Å². The molecule has 184 valence electrons. The van der Waals surface area contributed by atoms with Crippen LogP contribution in [-0.4, -0.2) is 43.8 Å². The zero-order valence-electron chi connectivity index (χ0n) is 20.1. The van der Waals surface area contributed by atoms with Crippen LogP contribution < -0.4 is 10.2 Å². The van der Waals surface area contributed by atoms with Gasteiger partial charge in [-0.3, -0.25) is 9.36 Å². The largest absolute Gasteiger partial charge is 0.508 e. The van der Waals surface area contributed by atoms with E-state index in [4.69, 9.17) is 4.74 Å². The Labute approximate surface area is 214 Å². The number of benzene rings is 3. The van der Waals surface area contributed by atoms with Gasteiger partial charge in [0.1, 0.15) is 11.5 Å². The minimum Gasteiger partial charge on any atom is -0.508 e. The molecule has 1 heterocycles. The Balaban J connectivity index is 1.53. The summed E-state index contributed by atoms with van der Waals surface area (Å²) in [6.45, 7) is 4.49. The summed E-state index contributed by atoms with van der Waals surface area (Å²) < 4.78 is 7.50. The number of carbonyl (C=O) groups excluding carboxylic acids is 1. The Hall–Kier alpha value is -4.11. The van der Waals surface area contributed by atoms with Crippen LogP contribution in [0.25, 0.3) is 17.1 Å². The van der Waals surface area contributed by atoms with E-state index in [9.17, 15) is 9.90 Å². The average Bonchev–Trinajstić information content (AvgIpc) is 3.34. The lowest BCUT2D eigenvalue weighted by molar-refractivity contribution is -0.118. The quantitative estimate of drug-likeness (QED) is 0.179. The number of hydrazone groups is 1. The van der Waals surface area contributed by atoms with Crippen LogP contribution in [0.2, 0.25) is 0 Å². The number of hydrogen-bond acceptors (Lipinski definition) is 7.